The quantitative estimate of drug-likeness (QED) is 0.827. The van der Waals surface area contributed by atoms with Crippen molar-refractivity contribution in [3.05, 3.63) is 45.8 Å². The van der Waals surface area contributed by atoms with Gasteiger partial charge >= 0.3 is 0 Å². The first kappa shape index (κ1) is 16.2. The van der Waals surface area contributed by atoms with E-state index in [9.17, 15) is 8.42 Å². The van der Waals surface area contributed by atoms with Crippen molar-refractivity contribution in [2.45, 2.75) is 24.8 Å². The van der Waals surface area contributed by atoms with E-state index in [2.05, 4.69) is 4.72 Å². The summed E-state index contributed by atoms with van der Waals surface area (Å²) in [5, 5.41) is 0.103. The molecule has 1 aromatic carbocycles. The highest BCUT2D eigenvalue weighted by Gasteiger charge is 2.24. The SMILES string of the molecule is Cc1ccc(C(C)NS(=O)(=O)c2ccc(Cl)c(N)c2Cl)o1. The molecule has 0 bridgehead atoms. The van der Waals surface area contributed by atoms with Gasteiger partial charge in [0.25, 0.3) is 0 Å². The fourth-order valence-corrected chi connectivity index (χ4v) is 3.77. The Kier molecular flexibility index (Phi) is 4.53. The van der Waals surface area contributed by atoms with Crippen LogP contribution in [-0.2, 0) is 10.0 Å². The molecule has 1 unspecified atom stereocenters. The maximum absolute atomic E-state index is 12.4. The van der Waals surface area contributed by atoms with E-state index >= 15 is 0 Å². The zero-order valence-electron chi connectivity index (χ0n) is 11.4. The van der Waals surface area contributed by atoms with Gasteiger partial charge in [-0.25, -0.2) is 13.1 Å². The second kappa shape index (κ2) is 5.88. The lowest BCUT2D eigenvalue weighted by Gasteiger charge is -2.14. The van der Waals surface area contributed by atoms with Crippen molar-refractivity contribution in [2.75, 3.05) is 5.73 Å². The first-order valence-electron chi connectivity index (χ1n) is 6.04. The van der Waals surface area contributed by atoms with Crippen LogP contribution in [0.2, 0.25) is 10.0 Å². The molecule has 0 fully saturated rings. The van der Waals surface area contributed by atoms with Gasteiger partial charge in [0.15, 0.2) is 0 Å². The minimum Gasteiger partial charge on any atom is -0.465 e. The number of nitrogens with one attached hydrogen (secondary N) is 1. The van der Waals surface area contributed by atoms with Crippen LogP contribution < -0.4 is 10.5 Å². The Morgan fingerprint density at radius 2 is 1.90 bits per heavy atom. The molecule has 2 aromatic rings. The van der Waals surface area contributed by atoms with E-state index in [1.54, 1.807) is 26.0 Å². The van der Waals surface area contributed by atoms with Gasteiger partial charge in [-0.2, -0.15) is 0 Å². The van der Waals surface area contributed by atoms with Gasteiger partial charge in [0.2, 0.25) is 10.0 Å². The number of aryl methyl sites for hydroxylation is 1. The average molecular weight is 349 g/mol. The average Bonchev–Trinajstić information content (AvgIpc) is 2.82. The predicted octanol–water partition coefficient (Wildman–Crippen LogP) is 3.52. The summed E-state index contributed by atoms with van der Waals surface area (Å²) in [6.45, 7) is 3.45. The largest absolute Gasteiger partial charge is 0.465 e. The topological polar surface area (TPSA) is 85.3 Å². The number of hydrogen-bond acceptors (Lipinski definition) is 4. The van der Waals surface area contributed by atoms with Gasteiger partial charge in [-0.05, 0) is 38.1 Å². The number of benzene rings is 1. The summed E-state index contributed by atoms with van der Waals surface area (Å²) in [4.78, 5) is -0.124. The summed E-state index contributed by atoms with van der Waals surface area (Å²) in [5.41, 5.74) is 5.68. The van der Waals surface area contributed by atoms with Crippen LogP contribution in [-0.4, -0.2) is 8.42 Å². The van der Waals surface area contributed by atoms with E-state index in [0.29, 0.717) is 11.5 Å². The van der Waals surface area contributed by atoms with E-state index in [-0.39, 0.29) is 20.6 Å². The van der Waals surface area contributed by atoms with Gasteiger partial charge in [-0.15, -0.1) is 0 Å². The predicted molar refractivity (Wildman–Crippen MR) is 83.1 cm³/mol. The fraction of sp³-hybridized carbons (Fsp3) is 0.231. The lowest BCUT2D eigenvalue weighted by Crippen LogP contribution is -2.27. The fourth-order valence-electron chi connectivity index (χ4n) is 1.80. The van der Waals surface area contributed by atoms with Crippen molar-refractivity contribution in [2.24, 2.45) is 0 Å². The molecule has 0 saturated carbocycles. The molecule has 114 valence electrons. The zero-order chi connectivity index (χ0) is 15.8. The lowest BCUT2D eigenvalue weighted by molar-refractivity contribution is 0.441. The molecule has 0 aliphatic rings. The molecule has 0 saturated heterocycles. The molecule has 1 atom stereocenters. The summed E-state index contributed by atoms with van der Waals surface area (Å²) in [5.74, 6) is 1.21. The lowest BCUT2D eigenvalue weighted by atomic mass is 10.3. The molecular formula is C13H14Cl2N2O3S. The Balaban J connectivity index is 2.33. The Labute approximate surface area is 133 Å². The molecule has 21 heavy (non-hydrogen) atoms. The monoisotopic (exact) mass is 348 g/mol. The van der Waals surface area contributed by atoms with E-state index in [1.807, 2.05) is 0 Å². The molecule has 3 N–H and O–H groups in total. The molecule has 0 amide bonds. The minimum absolute atomic E-state index is 0.0303. The third-order valence-corrected chi connectivity index (χ3v) is 5.33. The summed E-state index contributed by atoms with van der Waals surface area (Å²) < 4.78 is 32.6. The number of sulfonamides is 1. The number of rotatable bonds is 4. The Hall–Kier alpha value is -1.21. The summed E-state index contributed by atoms with van der Waals surface area (Å²) in [7, 11) is -3.85. The number of anilines is 1. The third-order valence-electron chi connectivity index (χ3n) is 2.90. The van der Waals surface area contributed by atoms with Crippen LogP contribution in [0.25, 0.3) is 0 Å². The maximum Gasteiger partial charge on any atom is 0.242 e. The van der Waals surface area contributed by atoms with Crippen molar-refractivity contribution in [3.8, 4) is 0 Å². The van der Waals surface area contributed by atoms with Gasteiger partial charge in [0, 0.05) is 0 Å². The second-order valence-corrected chi connectivity index (χ2v) is 7.03. The van der Waals surface area contributed by atoms with Crippen LogP contribution in [0.5, 0.6) is 0 Å². The standard InChI is InChI=1S/C13H14Cl2N2O3S/c1-7-3-5-10(20-7)8(2)17-21(18,19)11-6-4-9(14)13(16)12(11)15/h3-6,8,17H,16H2,1-2H3. The van der Waals surface area contributed by atoms with Gasteiger partial charge in [0.1, 0.15) is 16.4 Å². The molecule has 0 spiro atoms. The summed E-state index contributed by atoms with van der Waals surface area (Å²) >= 11 is 11.8. The molecule has 0 radical (unpaired) electrons. The van der Waals surface area contributed by atoms with Crippen LogP contribution in [0.3, 0.4) is 0 Å². The van der Waals surface area contributed by atoms with Gasteiger partial charge in [-0.1, -0.05) is 23.2 Å². The van der Waals surface area contributed by atoms with E-state index < -0.39 is 16.1 Å². The zero-order valence-corrected chi connectivity index (χ0v) is 13.7. The highest BCUT2D eigenvalue weighted by molar-refractivity contribution is 7.89. The third kappa shape index (κ3) is 3.35. The van der Waals surface area contributed by atoms with Gasteiger partial charge in [0.05, 0.1) is 21.8 Å². The van der Waals surface area contributed by atoms with Crippen molar-refractivity contribution in [3.63, 3.8) is 0 Å². The first-order chi connectivity index (χ1) is 9.72. The summed E-state index contributed by atoms with van der Waals surface area (Å²) in [6, 6.07) is 5.62. The van der Waals surface area contributed by atoms with Gasteiger partial charge < -0.3 is 10.2 Å². The van der Waals surface area contributed by atoms with Crippen LogP contribution in [0.15, 0.2) is 33.6 Å². The number of nitrogen functional groups attached to an aromatic ring is 1. The number of halogens is 2. The number of furan rings is 1. The molecule has 0 aliphatic heterocycles. The molecule has 0 aliphatic carbocycles. The highest BCUT2D eigenvalue weighted by Crippen LogP contribution is 2.33. The van der Waals surface area contributed by atoms with E-state index in [4.69, 9.17) is 33.4 Å². The Bertz CT molecular complexity index is 772. The normalized spacial score (nSPS) is 13.3. The number of nitrogens with two attached hydrogens (primary N) is 1. The summed E-state index contributed by atoms with van der Waals surface area (Å²) in [6.07, 6.45) is 0. The molecule has 5 nitrogen and oxygen atoms in total. The van der Waals surface area contributed by atoms with Crippen LogP contribution in [0, 0.1) is 6.92 Å². The molecule has 8 heteroatoms. The van der Waals surface area contributed by atoms with Crippen LogP contribution in [0.1, 0.15) is 24.5 Å². The number of hydrogen-bond donors (Lipinski definition) is 2. The van der Waals surface area contributed by atoms with Crippen molar-refractivity contribution < 1.29 is 12.8 Å². The smallest absolute Gasteiger partial charge is 0.242 e. The van der Waals surface area contributed by atoms with Crippen molar-refractivity contribution >= 4 is 38.9 Å². The second-order valence-electron chi connectivity index (χ2n) is 4.56. The molecule has 1 heterocycles. The van der Waals surface area contributed by atoms with Crippen molar-refractivity contribution in [1.29, 1.82) is 0 Å². The van der Waals surface area contributed by atoms with Crippen molar-refractivity contribution in [1.82, 2.24) is 4.72 Å². The van der Waals surface area contributed by atoms with E-state index in [1.165, 1.54) is 12.1 Å². The highest BCUT2D eigenvalue weighted by atomic mass is 35.5. The molecular weight excluding hydrogens is 335 g/mol. The molecule has 2 rings (SSSR count). The first-order valence-corrected chi connectivity index (χ1v) is 8.28. The Morgan fingerprint density at radius 1 is 1.24 bits per heavy atom. The van der Waals surface area contributed by atoms with E-state index in [0.717, 1.165) is 0 Å². The minimum atomic E-state index is -3.85. The maximum atomic E-state index is 12.4. The van der Waals surface area contributed by atoms with Crippen LogP contribution in [0.4, 0.5) is 5.69 Å². The Morgan fingerprint density at radius 3 is 2.48 bits per heavy atom. The van der Waals surface area contributed by atoms with Crippen LogP contribution >= 0.6 is 23.2 Å². The van der Waals surface area contributed by atoms with Gasteiger partial charge in [-0.3, -0.25) is 0 Å². The molecule has 1 aromatic heterocycles.